The van der Waals surface area contributed by atoms with Gasteiger partial charge in [-0.2, -0.15) is 13.2 Å². The summed E-state index contributed by atoms with van der Waals surface area (Å²) in [6, 6.07) is 5.42. The van der Waals surface area contributed by atoms with Gasteiger partial charge in [0.2, 0.25) is 5.91 Å². The van der Waals surface area contributed by atoms with Gasteiger partial charge < -0.3 is 9.42 Å². The molecule has 0 aliphatic heterocycles. The summed E-state index contributed by atoms with van der Waals surface area (Å²) in [5.41, 5.74) is 0.775. The van der Waals surface area contributed by atoms with E-state index in [1.54, 1.807) is 24.8 Å². The molecule has 0 atom stereocenters. The Balaban J connectivity index is 1.82. The first-order valence-corrected chi connectivity index (χ1v) is 8.13. The molecule has 3 rings (SSSR count). The lowest BCUT2D eigenvalue weighted by molar-refractivity contribution is -0.140. The molecular formula is C18H19F3N2O2. The van der Waals surface area contributed by atoms with Gasteiger partial charge in [-0.15, -0.1) is 0 Å². The first-order chi connectivity index (χ1) is 11.8. The molecule has 1 saturated carbocycles. The van der Waals surface area contributed by atoms with Gasteiger partial charge >= 0.3 is 6.18 Å². The van der Waals surface area contributed by atoms with E-state index in [9.17, 15) is 18.0 Å². The minimum atomic E-state index is -4.43. The normalized spacial score (nSPS) is 14.6. The highest BCUT2D eigenvalue weighted by atomic mass is 19.4. The molecule has 0 bridgehead atoms. The van der Waals surface area contributed by atoms with Gasteiger partial charge in [-0.05, 0) is 38.3 Å². The van der Waals surface area contributed by atoms with E-state index in [2.05, 4.69) is 5.16 Å². The van der Waals surface area contributed by atoms with Crippen molar-refractivity contribution < 1.29 is 22.5 Å². The van der Waals surface area contributed by atoms with Crippen molar-refractivity contribution in [3.63, 3.8) is 0 Å². The van der Waals surface area contributed by atoms with Gasteiger partial charge in [0.15, 0.2) is 0 Å². The highest BCUT2D eigenvalue weighted by Gasteiger charge is 2.37. The molecule has 4 nitrogen and oxygen atoms in total. The van der Waals surface area contributed by atoms with Crippen molar-refractivity contribution in [3.8, 4) is 0 Å². The molecular weight excluding hydrogens is 333 g/mol. The maximum Gasteiger partial charge on any atom is 0.416 e. The lowest BCUT2D eigenvalue weighted by Gasteiger charge is -2.24. The van der Waals surface area contributed by atoms with Crippen LogP contribution >= 0.6 is 0 Å². The van der Waals surface area contributed by atoms with Gasteiger partial charge in [-0.25, -0.2) is 0 Å². The molecule has 0 spiro atoms. The second-order valence-corrected chi connectivity index (χ2v) is 6.39. The highest BCUT2D eigenvalue weighted by molar-refractivity contribution is 5.80. The van der Waals surface area contributed by atoms with Crippen molar-refractivity contribution >= 4 is 5.91 Å². The fourth-order valence-electron chi connectivity index (χ4n) is 2.93. The van der Waals surface area contributed by atoms with Gasteiger partial charge in [0.1, 0.15) is 5.76 Å². The number of alkyl halides is 3. The second-order valence-electron chi connectivity index (χ2n) is 6.39. The number of aryl methyl sites for hydroxylation is 2. The molecule has 25 heavy (non-hydrogen) atoms. The molecule has 1 heterocycles. The molecule has 0 unspecified atom stereocenters. The summed E-state index contributed by atoms with van der Waals surface area (Å²) in [6.45, 7) is 3.44. The second kappa shape index (κ2) is 6.54. The molecule has 134 valence electrons. The number of carbonyl (C=O) groups excluding carboxylic acids is 1. The highest BCUT2D eigenvalue weighted by Crippen LogP contribution is 2.35. The predicted molar refractivity (Wildman–Crippen MR) is 84.7 cm³/mol. The molecule has 1 aromatic carbocycles. The number of hydrogen-bond donors (Lipinski definition) is 0. The van der Waals surface area contributed by atoms with Gasteiger partial charge in [-0.1, -0.05) is 23.4 Å². The van der Waals surface area contributed by atoms with Gasteiger partial charge in [0.05, 0.1) is 17.7 Å². The lowest BCUT2D eigenvalue weighted by atomic mass is 10.1. The summed E-state index contributed by atoms with van der Waals surface area (Å²) in [4.78, 5) is 14.3. The Morgan fingerprint density at radius 1 is 1.28 bits per heavy atom. The number of halogens is 3. The van der Waals surface area contributed by atoms with E-state index >= 15 is 0 Å². The Hall–Kier alpha value is -2.31. The summed E-state index contributed by atoms with van der Waals surface area (Å²) in [5.74, 6) is 0.367. The van der Waals surface area contributed by atoms with Crippen molar-refractivity contribution in [2.24, 2.45) is 0 Å². The Labute approximate surface area is 143 Å². The molecule has 1 fully saturated rings. The van der Waals surface area contributed by atoms with Crippen LogP contribution in [0.5, 0.6) is 0 Å². The summed E-state index contributed by atoms with van der Waals surface area (Å²) < 4.78 is 44.7. The van der Waals surface area contributed by atoms with Crippen LogP contribution < -0.4 is 0 Å². The standard InChI is InChI=1S/C18H19F3N2O2/c1-11-15(12(2)25-22-11)9-17(24)23(14-7-8-14)10-13-5-3-4-6-16(13)18(19,20)21/h3-6,14H,7-10H2,1-2H3. The number of carbonyl (C=O) groups is 1. The van der Waals surface area contributed by atoms with Crippen LogP contribution in [0.4, 0.5) is 13.2 Å². The maximum atomic E-state index is 13.2. The fourth-order valence-corrected chi connectivity index (χ4v) is 2.93. The van der Waals surface area contributed by atoms with Gasteiger partial charge in [0, 0.05) is 18.2 Å². The zero-order chi connectivity index (χ0) is 18.2. The third-order valence-electron chi connectivity index (χ3n) is 4.48. The maximum absolute atomic E-state index is 13.2. The zero-order valence-corrected chi connectivity index (χ0v) is 14.1. The van der Waals surface area contributed by atoms with E-state index in [4.69, 9.17) is 4.52 Å². The monoisotopic (exact) mass is 352 g/mol. The molecule has 1 aromatic heterocycles. The van der Waals surface area contributed by atoms with Crippen molar-refractivity contribution in [1.82, 2.24) is 10.1 Å². The van der Waals surface area contributed by atoms with Crippen LogP contribution in [0, 0.1) is 13.8 Å². The molecule has 1 aliphatic carbocycles. The SMILES string of the molecule is Cc1noc(C)c1CC(=O)N(Cc1ccccc1C(F)(F)F)C1CC1. The summed E-state index contributed by atoms with van der Waals surface area (Å²) in [7, 11) is 0. The predicted octanol–water partition coefficient (Wildman–Crippen LogP) is 4.04. The van der Waals surface area contributed by atoms with Crippen LogP contribution in [0.15, 0.2) is 28.8 Å². The first-order valence-electron chi connectivity index (χ1n) is 8.13. The molecule has 2 aromatic rings. The van der Waals surface area contributed by atoms with Crippen LogP contribution in [0.1, 0.15) is 41.0 Å². The van der Waals surface area contributed by atoms with E-state index in [0.717, 1.165) is 18.9 Å². The lowest BCUT2D eigenvalue weighted by Crippen LogP contribution is -2.34. The molecule has 7 heteroatoms. The molecule has 0 radical (unpaired) electrons. The van der Waals surface area contributed by atoms with E-state index in [-0.39, 0.29) is 30.5 Å². The number of aromatic nitrogens is 1. The van der Waals surface area contributed by atoms with Crippen molar-refractivity contribution in [3.05, 3.63) is 52.4 Å². The largest absolute Gasteiger partial charge is 0.416 e. The third kappa shape index (κ3) is 3.86. The summed E-state index contributed by atoms with van der Waals surface area (Å²) in [5, 5.41) is 3.82. The minimum absolute atomic E-state index is 0.00858. The molecule has 1 aliphatic rings. The number of hydrogen-bond acceptors (Lipinski definition) is 3. The Morgan fingerprint density at radius 3 is 2.52 bits per heavy atom. The van der Waals surface area contributed by atoms with Crippen molar-refractivity contribution in [2.45, 2.75) is 51.9 Å². The molecule has 0 saturated heterocycles. The van der Waals surface area contributed by atoms with Crippen LogP contribution in [-0.2, 0) is 23.9 Å². The number of nitrogens with zero attached hydrogens (tertiary/aromatic N) is 2. The topological polar surface area (TPSA) is 46.3 Å². The fraction of sp³-hybridized carbons (Fsp3) is 0.444. The van der Waals surface area contributed by atoms with Crippen LogP contribution in [-0.4, -0.2) is 22.0 Å². The average molecular weight is 352 g/mol. The van der Waals surface area contributed by atoms with E-state index in [1.807, 2.05) is 0 Å². The van der Waals surface area contributed by atoms with Gasteiger partial charge in [-0.3, -0.25) is 4.79 Å². The molecule has 1 amide bonds. The quantitative estimate of drug-likeness (QED) is 0.816. The van der Waals surface area contributed by atoms with Crippen molar-refractivity contribution in [1.29, 1.82) is 0 Å². The van der Waals surface area contributed by atoms with Gasteiger partial charge in [0.25, 0.3) is 0 Å². The van der Waals surface area contributed by atoms with E-state index in [0.29, 0.717) is 17.0 Å². The summed E-state index contributed by atoms with van der Waals surface area (Å²) in [6.07, 6.45) is -2.70. The van der Waals surface area contributed by atoms with Crippen LogP contribution in [0.2, 0.25) is 0 Å². The Bertz CT molecular complexity index is 759. The van der Waals surface area contributed by atoms with Crippen molar-refractivity contribution in [2.75, 3.05) is 0 Å². The van der Waals surface area contributed by atoms with Crippen LogP contribution in [0.3, 0.4) is 0 Å². The summed E-state index contributed by atoms with van der Waals surface area (Å²) >= 11 is 0. The Morgan fingerprint density at radius 2 is 1.96 bits per heavy atom. The number of amides is 1. The zero-order valence-electron chi connectivity index (χ0n) is 14.1. The minimum Gasteiger partial charge on any atom is -0.361 e. The first kappa shape index (κ1) is 17.5. The number of benzene rings is 1. The van der Waals surface area contributed by atoms with Crippen LogP contribution in [0.25, 0.3) is 0 Å². The number of rotatable bonds is 5. The van der Waals surface area contributed by atoms with E-state index < -0.39 is 11.7 Å². The van der Waals surface area contributed by atoms with E-state index in [1.165, 1.54) is 12.1 Å². The molecule has 0 N–H and O–H groups in total. The smallest absolute Gasteiger partial charge is 0.361 e. The average Bonchev–Trinajstić information content (AvgIpc) is 3.34. The third-order valence-corrected chi connectivity index (χ3v) is 4.48. The Kier molecular flexibility index (Phi) is 4.58.